The van der Waals surface area contributed by atoms with E-state index >= 15 is 0 Å². The molecule has 0 bridgehead atoms. The molecule has 10 nitrogen and oxygen atoms in total. The molecular formula is C25H34O10. The van der Waals surface area contributed by atoms with Gasteiger partial charge in [-0.3, -0.25) is 19.2 Å². The molecule has 1 aliphatic carbocycles. The van der Waals surface area contributed by atoms with Gasteiger partial charge in [-0.1, -0.05) is 20.3 Å². The van der Waals surface area contributed by atoms with Crippen LogP contribution < -0.4 is 0 Å². The molecule has 0 saturated carbocycles. The molecule has 5 atom stereocenters. The highest BCUT2D eigenvalue weighted by molar-refractivity contribution is 5.73. The van der Waals surface area contributed by atoms with Crippen molar-refractivity contribution < 1.29 is 47.6 Å². The van der Waals surface area contributed by atoms with E-state index in [9.17, 15) is 19.2 Å². The third-order valence-corrected chi connectivity index (χ3v) is 6.28. The molecule has 2 aliphatic heterocycles. The number of esters is 4. The zero-order valence-corrected chi connectivity index (χ0v) is 21.1. The van der Waals surface area contributed by atoms with Crippen molar-refractivity contribution in [2.45, 2.75) is 84.4 Å². The summed E-state index contributed by atoms with van der Waals surface area (Å²) in [6.07, 6.45) is 2.26. The Morgan fingerprint density at radius 3 is 2.40 bits per heavy atom. The summed E-state index contributed by atoms with van der Waals surface area (Å²) in [7, 11) is 0. The SMILES string of the molecule is CCC(C)CC(=O)O[C@H]1OC=C(COC(C)=O)C2=C[C@@H](OC(=O)CC(C)(C)OC(C)=O)[C@@]3(CO3)[C@@H]21. The molecule has 3 aliphatic rings. The molecule has 10 heteroatoms. The number of ether oxygens (including phenoxy) is 6. The molecule has 0 aromatic heterocycles. The van der Waals surface area contributed by atoms with Crippen LogP contribution in [0.2, 0.25) is 0 Å². The van der Waals surface area contributed by atoms with E-state index in [1.807, 2.05) is 13.8 Å². The van der Waals surface area contributed by atoms with Crippen molar-refractivity contribution >= 4 is 23.9 Å². The third-order valence-electron chi connectivity index (χ3n) is 6.28. The zero-order valence-electron chi connectivity index (χ0n) is 21.1. The molecular weight excluding hydrogens is 460 g/mol. The summed E-state index contributed by atoms with van der Waals surface area (Å²) in [5, 5.41) is 0. The van der Waals surface area contributed by atoms with Crippen LogP contribution in [-0.4, -0.2) is 60.7 Å². The van der Waals surface area contributed by atoms with Gasteiger partial charge in [0.25, 0.3) is 6.29 Å². The molecule has 1 fully saturated rings. The van der Waals surface area contributed by atoms with Gasteiger partial charge in [0.1, 0.15) is 17.8 Å². The molecule has 1 spiro atoms. The second kappa shape index (κ2) is 10.4. The number of rotatable bonds is 10. The Hall–Kier alpha value is -2.88. The Morgan fingerprint density at radius 1 is 1.14 bits per heavy atom. The fraction of sp³-hybridized carbons (Fsp3) is 0.680. The van der Waals surface area contributed by atoms with Crippen LogP contribution in [0, 0.1) is 11.8 Å². The number of carbonyl (C=O) groups is 4. The first-order chi connectivity index (χ1) is 16.4. The van der Waals surface area contributed by atoms with Crippen LogP contribution in [0.5, 0.6) is 0 Å². The summed E-state index contributed by atoms with van der Waals surface area (Å²) in [6.45, 7) is 9.95. The number of hydrogen-bond donors (Lipinski definition) is 0. The van der Waals surface area contributed by atoms with E-state index in [0.717, 1.165) is 6.42 Å². The van der Waals surface area contributed by atoms with E-state index in [2.05, 4.69) is 0 Å². The Kier molecular flexibility index (Phi) is 7.93. The second-order valence-corrected chi connectivity index (χ2v) is 9.92. The normalized spacial score (nSPS) is 27.5. The van der Waals surface area contributed by atoms with Crippen molar-refractivity contribution in [2.24, 2.45) is 11.8 Å². The average Bonchev–Trinajstić information content (AvgIpc) is 3.45. The van der Waals surface area contributed by atoms with Crippen LogP contribution in [0.3, 0.4) is 0 Å². The first-order valence-electron chi connectivity index (χ1n) is 11.8. The highest BCUT2D eigenvalue weighted by Gasteiger charge is 2.68. The summed E-state index contributed by atoms with van der Waals surface area (Å²) in [5.41, 5.74) is -0.772. The van der Waals surface area contributed by atoms with Crippen LogP contribution in [0.1, 0.15) is 60.8 Å². The van der Waals surface area contributed by atoms with Gasteiger partial charge in [-0.25, -0.2) is 0 Å². The van der Waals surface area contributed by atoms with Crippen molar-refractivity contribution in [3.05, 3.63) is 23.5 Å². The van der Waals surface area contributed by atoms with Crippen molar-refractivity contribution in [1.29, 1.82) is 0 Å². The second-order valence-electron chi connectivity index (χ2n) is 9.92. The summed E-state index contributed by atoms with van der Waals surface area (Å²) in [6, 6.07) is 0. The van der Waals surface area contributed by atoms with Gasteiger partial charge in [0.05, 0.1) is 25.2 Å². The third kappa shape index (κ3) is 6.42. The largest absolute Gasteiger partial charge is 0.461 e. The molecule has 0 radical (unpaired) electrons. The Balaban J connectivity index is 1.80. The number of carbonyl (C=O) groups excluding carboxylic acids is 4. The zero-order chi connectivity index (χ0) is 26.0. The molecule has 0 aromatic carbocycles. The molecule has 3 rings (SSSR count). The lowest BCUT2D eigenvalue weighted by molar-refractivity contribution is -0.187. The Labute approximate surface area is 204 Å². The number of hydrogen-bond acceptors (Lipinski definition) is 10. The summed E-state index contributed by atoms with van der Waals surface area (Å²) >= 11 is 0. The molecule has 0 aromatic rings. The average molecular weight is 495 g/mol. The van der Waals surface area contributed by atoms with Crippen molar-refractivity contribution in [1.82, 2.24) is 0 Å². The number of epoxide rings is 1. The van der Waals surface area contributed by atoms with Gasteiger partial charge in [0.15, 0.2) is 6.10 Å². The molecule has 1 saturated heterocycles. The standard InChI is InChI=1S/C25H34O10/c1-7-14(2)8-20(28)34-23-22-18(17(12-31-23)11-30-15(3)26)9-19(25(22)13-32-25)33-21(29)10-24(5,6)35-16(4)27/h9,12,14,19,22-23H,7-8,10-11,13H2,1-6H3/t14?,19-,22+,23-,25+/m1/s1. The van der Waals surface area contributed by atoms with Crippen LogP contribution in [-0.2, 0) is 47.6 Å². The fourth-order valence-corrected chi connectivity index (χ4v) is 4.34. The maximum atomic E-state index is 12.7. The lowest BCUT2D eigenvalue weighted by atomic mass is 9.85. The van der Waals surface area contributed by atoms with E-state index < -0.39 is 53.4 Å². The molecule has 0 N–H and O–H groups in total. The summed E-state index contributed by atoms with van der Waals surface area (Å²) in [5.74, 6) is -2.36. The minimum Gasteiger partial charge on any atom is -0.461 e. The summed E-state index contributed by atoms with van der Waals surface area (Å²) in [4.78, 5) is 47.9. The quantitative estimate of drug-likeness (QED) is 0.254. The van der Waals surface area contributed by atoms with E-state index in [0.29, 0.717) is 11.1 Å². The Morgan fingerprint density at radius 2 is 1.83 bits per heavy atom. The smallest absolute Gasteiger partial charge is 0.310 e. The van der Waals surface area contributed by atoms with Gasteiger partial charge in [0.2, 0.25) is 0 Å². The molecule has 2 heterocycles. The number of fused-ring (bicyclic) bond motifs is 2. The van der Waals surface area contributed by atoms with E-state index in [-0.39, 0.29) is 32.0 Å². The summed E-state index contributed by atoms with van der Waals surface area (Å²) < 4.78 is 33.3. The minimum absolute atomic E-state index is 0.0541. The van der Waals surface area contributed by atoms with Crippen LogP contribution in [0.25, 0.3) is 0 Å². The van der Waals surface area contributed by atoms with Crippen molar-refractivity contribution in [3.8, 4) is 0 Å². The predicted octanol–water partition coefficient (Wildman–Crippen LogP) is 2.74. The van der Waals surface area contributed by atoms with Gasteiger partial charge < -0.3 is 28.4 Å². The van der Waals surface area contributed by atoms with Gasteiger partial charge >= 0.3 is 23.9 Å². The van der Waals surface area contributed by atoms with Crippen LogP contribution >= 0.6 is 0 Å². The van der Waals surface area contributed by atoms with Crippen LogP contribution in [0.15, 0.2) is 23.5 Å². The maximum absolute atomic E-state index is 12.7. The minimum atomic E-state index is -1.05. The molecule has 1 unspecified atom stereocenters. The van der Waals surface area contributed by atoms with Crippen molar-refractivity contribution in [2.75, 3.05) is 13.2 Å². The Bertz CT molecular complexity index is 927. The first-order valence-corrected chi connectivity index (χ1v) is 11.8. The highest BCUT2D eigenvalue weighted by atomic mass is 16.7. The monoisotopic (exact) mass is 494 g/mol. The lowest BCUT2D eigenvalue weighted by Gasteiger charge is -2.33. The van der Waals surface area contributed by atoms with Gasteiger partial charge in [-0.15, -0.1) is 0 Å². The first kappa shape index (κ1) is 26.7. The van der Waals surface area contributed by atoms with Crippen LogP contribution in [0.4, 0.5) is 0 Å². The van der Waals surface area contributed by atoms with E-state index in [1.165, 1.54) is 20.1 Å². The van der Waals surface area contributed by atoms with Gasteiger partial charge in [0, 0.05) is 25.8 Å². The molecule has 35 heavy (non-hydrogen) atoms. The fourth-order valence-electron chi connectivity index (χ4n) is 4.34. The molecule has 194 valence electrons. The van der Waals surface area contributed by atoms with Gasteiger partial charge in [-0.05, 0) is 31.4 Å². The maximum Gasteiger partial charge on any atom is 0.310 e. The van der Waals surface area contributed by atoms with E-state index in [4.69, 9.17) is 28.4 Å². The lowest BCUT2D eigenvalue weighted by Crippen LogP contribution is -2.45. The predicted molar refractivity (Wildman–Crippen MR) is 120 cm³/mol. The topological polar surface area (TPSA) is 127 Å². The highest BCUT2D eigenvalue weighted by Crippen LogP contribution is 2.54. The van der Waals surface area contributed by atoms with Crippen molar-refractivity contribution in [3.63, 3.8) is 0 Å². The van der Waals surface area contributed by atoms with E-state index in [1.54, 1.807) is 19.9 Å². The molecule has 0 amide bonds. The van der Waals surface area contributed by atoms with Gasteiger partial charge in [-0.2, -0.15) is 0 Å².